The van der Waals surface area contributed by atoms with Crippen molar-refractivity contribution >= 4 is 34.8 Å². The summed E-state index contributed by atoms with van der Waals surface area (Å²) in [6.07, 6.45) is 1.92. The first-order chi connectivity index (χ1) is 10.1. The zero-order chi connectivity index (χ0) is 16.6. The lowest BCUT2D eigenvalue weighted by Gasteiger charge is -2.38. The summed E-state index contributed by atoms with van der Waals surface area (Å²) < 4.78 is 31.0. The van der Waals surface area contributed by atoms with E-state index in [9.17, 15) is 13.9 Å². The van der Waals surface area contributed by atoms with Gasteiger partial charge in [-0.3, -0.25) is 0 Å². The van der Waals surface area contributed by atoms with E-state index in [0.29, 0.717) is 13.0 Å². The molecule has 0 heterocycles. The number of fused-ring (bicyclic) bond motifs is 1. The Bertz CT molecular complexity index is 389. The van der Waals surface area contributed by atoms with E-state index in [1.807, 2.05) is 0 Å². The van der Waals surface area contributed by atoms with Gasteiger partial charge in [0.1, 0.15) is 5.60 Å². The molecule has 2 saturated carbocycles. The second kappa shape index (κ2) is 6.87. The molecule has 0 aliphatic heterocycles. The molecule has 1 unspecified atom stereocenters. The van der Waals surface area contributed by atoms with Gasteiger partial charge in [0.05, 0.1) is 6.61 Å². The number of ether oxygens (including phenoxy) is 1. The highest BCUT2D eigenvalue weighted by atomic mass is 35.6. The molecule has 4 atom stereocenters. The third-order valence-corrected chi connectivity index (χ3v) is 6.13. The van der Waals surface area contributed by atoms with Gasteiger partial charge in [-0.15, -0.1) is 0 Å². The Labute approximate surface area is 145 Å². The lowest BCUT2D eigenvalue weighted by atomic mass is 9.76. The monoisotopic (exact) mass is 378 g/mol. The summed E-state index contributed by atoms with van der Waals surface area (Å²) in [6, 6.07) is 0. The molecule has 0 aromatic carbocycles. The van der Waals surface area contributed by atoms with E-state index in [1.54, 1.807) is 0 Å². The van der Waals surface area contributed by atoms with E-state index in [4.69, 9.17) is 39.5 Å². The maximum Gasteiger partial charge on any atom is 0.248 e. The molecule has 2 aliphatic carbocycles. The van der Waals surface area contributed by atoms with Gasteiger partial charge in [0.25, 0.3) is 0 Å². The highest BCUT2D eigenvalue weighted by molar-refractivity contribution is 6.68. The molecule has 0 aromatic heterocycles. The Morgan fingerprint density at radius 3 is 2.55 bits per heavy atom. The predicted molar refractivity (Wildman–Crippen MR) is 84.9 cm³/mol. The molecule has 2 aliphatic rings. The minimum absolute atomic E-state index is 0.0816. The van der Waals surface area contributed by atoms with Crippen LogP contribution in [0.15, 0.2) is 0 Å². The maximum atomic E-state index is 13.7. The van der Waals surface area contributed by atoms with Crippen molar-refractivity contribution in [3.8, 4) is 0 Å². The van der Waals surface area contributed by atoms with Gasteiger partial charge in [-0.05, 0) is 31.1 Å². The molecule has 130 valence electrons. The van der Waals surface area contributed by atoms with Crippen molar-refractivity contribution < 1.29 is 18.6 Å². The molecule has 0 amide bonds. The molecule has 0 bridgehead atoms. The summed E-state index contributed by atoms with van der Waals surface area (Å²) in [5.74, 6) is -3.52. The maximum absolute atomic E-state index is 13.7. The topological polar surface area (TPSA) is 29.5 Å². The number of alkyl halides is 5. The van der Waals surface area contributed by atoms with Crippen LogP contribution >= 0.6 is 34.8 Å². The summed E-state index contributed by atoms with van der Waals surface area (Å²) in [7, 11) is 0. The molecule has 2 fully saturated rings. The summed E-state index contributed by atoms with van der Waals surface area (Å²) in [5.41, 5.74) is -1.61. The van der Waals surface area contributed by atoms with Crippen molar-refractivity contribution in [2.24, 2.45) is 17.8 Å². The molecule has 22 heavy (non-hydrogen) atoms. The number of hydrogen-bond acceptors (Lipinski definition) is 2. The van der Waals surface area contributed by atoms with E-state index in [1.165, 1.54) is 0 Å². The van der Waals surface area contributed by atoms with Crippen LogP contribution in [0.5, 0.6) is 0 Å². The normalized spacial score (nSPS) is 38.0. The van der Waals surface area contributed by atoms with Crippen molar-refractivity contribution in [1.82, 2.24) is 0 Å². The Morgan fingerprint density at radius 1 is 1.27 bits per heavy atom. The molecule has 0 radical (unpaired) electrons. The number of rotatable bonds is 5. The molecule has 1 N–H and O–H groups in total. The predicted octanol–water partition coefficient (Wildman–Crippen LogP) is 4.98. The first kappa shape index (κ1) is 19.0. The van der Waals surface area contributed by atoms with E-state index >= 15 is 0 Å². The van der Waals surface area contributed by atoms with Gasteiger partial charge in [0, 0.05) is 25.4 Å². The Balaban J connectivity index is 2.14. The smallest absolute Gasteiger partial charge is 0.248 e. The van der Waals surface area contributed by atoms with Crippen molar-refractivity contribution in [1.29, 1.82) is 0 Å². The highest BCUT2D eigenvalue weighted by Crippen LogP contribution is 2.60. The summed E-state index contributed by atoms with van der Waals surface area (Å²) in [6.45, 7) is 2.86. The Kier molecular flexibility index (Phi) is 5.93. The second-order valence-electron chi connectivity index (χ2n) is 6.68. The van der Waals surface area contributed by atoms with Crippen LogP contribution in [-0.2, 0) is 4.74 Å². The van der Waals surface area contributed by atoms with Crippen LogP contribution in [0.25, 0.3) is 0 Å². The number of unbranched alkanes of at least 4 members (excludes halogenated alkanes) is 1. The zero-order valence-corrected chi connectivity index (χ0v) is 14.9. The first-order valence-corrected chi connectivity index (χ1v) is 8.99. The second-order valence-corrected chi connectivity index (χ2v) is 8.97. The van der Waals surface area contributed by atoms with Crippen LogP contribution in [-0.4, -0.2) is 33.6 Å². The van der Waals surface area contributed by atoms with Gasteiger partial charge in [0.15, 0.2) is 0 Å². The fourth-order valence-electron chi connectivity index (χ4n) is 3.95. The van der Waals surface area contributed by atoms with Crippen LogP contribution in [0.4, 0.5) is 8.78 Å². The molecule has 2 nitrogen and oxygen atoms in total. The van der Waals surface area contributed by atoms with E-state index < -0.39 is 21.2 Å². The molecule has 0 aromatic rings. The quantitative estimate of drug-likeness (QED) is 0.539. The largest absolute Gasteiger partial charge is 0.385 e. The van der Waals surface area contributed by atoms with Gasteiger partial charge in [-0.2, -0.15) is 0 Å². The van der Waals surface area contributed by atoms with Gasteiger partial charge in [-0.1, -0.05) is 48.1 Å². The van der Waals surface area contributed by atoms with Crippen molar-refractivity contribution in [3.63, 3.8) is 0 Å². The lowest BCUT2D eigenvalue weighted by Crippen LogP contribution is -2.49. The minimum atomic E-state index is -2.69. The fraction of sp³-hybridized carbons (Fsp3) is 1.00. The standard InChI is InChI=1S/C15H23Cl3F2O2/c1-2-3-6-22-9-12-11-4-5-13(19,20)7-10(11)8-14(12,21)15(16,17)18/h10-12,21H,2-9H2,1H3/t10-,11+,12-,14?/m0/s1. The average molecular weight is 380 g/mol. The van der Waals surface area contributed by atoms with Gasteiger partial charge in [-0.25, -0.2) is 8.78 Å². The van der Waals surface area contributed by atoms with Crippen LogP contribution in [0.2, 0.25) is 0 Å². The molecule has 0 spiro atoms. The van der Waals surface area contributed by atoms with E-state index in [2.05, 4.69) is 6.92 Å². The van der Waals surface area contributed by atoms with Crippen LogP contribution in [0, 0.1) is 17.8 Å². The number of hydrogen-bond donors (Lipinski definition) is 1. The van der Waals surface area contributed by atoms with Crippen LogP contribution in [0.3, 0.4) is 0 Å². The fourth-order valence-corrected chi connectivity index (χ4v) is 4.61. The molecule has 2 rings (SSSR count). The third kappa shape index (κ3) is 3.83. The summed E-state index contributed by atoms with van der Waals surface area (Å²) in [4.78, 5) is 0. The van der Waals surface area contributed by atoms with Crippen molar-refractivity contribution in [2.45, 2.75) is 60.8 Å². The van der Waals surface area contributed by atoms with E-state index in [-0.39, 0.29) is 37.7 Å². The van der Waals surface area contributed by atoms with E-state index in [0.717, 1.165) is 12.8 Å². The van der Waals surface area contributed by atoms with Crippen molar-refractivity contribution in [3.05, 3.63) is 0 Å². The SMILES string of the molecule is CCCCOC[C@H]1[C@@H]2CCC(F)(F)C[C@H]2CC1(O)C(Cl)(Cl)Cl. The highest BCUT2D eigenvalue weighted by Gasteiger charge is 2.63. The van der Waals surface area contributed by atoms with Crippen molar-refractivity contribution in [2.75, 3.05) is 13.2 Å². The molecular weight excluding hydrogens is 357 g/mol. The van der Waals surface area contributed by atoms with Crippen LogP contribution < -0.4 is 0 Å². The Hall–Kier alpha value is 0.650. The number of halogens is 5. The van der Waals surface area contributed by atoms with Gasteiger partial charge in [0.2, 0.25) is 9.72 Å². The van der Waals surface area contributed by atoms with Crippen LogP contribution in [0.1, 0.15) is 45.4 Å². The molecular formula is C15H23Cl3F2O2. The van der Waals surface area contributed by atoms with Gasteiger partial charge < -0.3 is 9.84 Å². The molecule has 0 saturated heterocycles. The third-order valence-electron chi connectivity index (χ3n) is 5.14. The summed E-state index contributed by atoms with van der Waals surface area (Å²) >= 11 is 18.0. The van der Waals surface area contributed by atoms with Gasteiger partial charge >= 0.3 is 0 Å². The Morgan fingerprint density at radius 2 is 1.95 bits per heavy atom. The average Bonchev–Trinajstić information content (AvgIpc) is 2.65. The minimum Gasteiger partial charge on any atom is -0.385 e. The molecule has 7 heteroatoms. The summed E-state index contributed by atoms with van der Waals surface area (Å²) in [5, 5.41) is 10.9. The number of aliphatic hydroxyl groups is 1. The zero-order valence-electron chi connectivity index (χ0n) is 12.6. The first-order valence-electron chi connectivity index (χ1n) is 7.85. The lowest BCUT2D eigenvalue weighted by molar-refractivity contribution is -0.0763.